The lowest BCUT2D eigenvalue weighted by Crippen LogP contribution is -2.15. The fourth-order valence-corrected chi connectivity index (χ4v) is 1.69. The van der Waals surface area contributed by atoms with Crippen molar-refractivity contribution < 1.29 is 14.3 Å². The van der Waals surface area contributed by atoms with Gasteiger partial charge in [-0.3, -0.25) is 0 Å². The van der Waals surface area contributed by atoms with E-state index >= 15 is 0 Å². The van der Waals surface area contributed by atoms with Crippen molar-refractivity contribution in [3.05, 3.63) is 23.4 Å². The van der Waals surface area contributed by atoms with E-state index in [9.17, 15) is 4.79 Å². The Morgan fingerprint density at radius 2 is 2.05 bits per heavy atom. The molecule has 2 rings (SSSR count). The molecule has 1 aliphatic carbocycles. The lowest BCUT2D eigenvalue weighted by molar-refractivity contribution is 0.0518. The van der Waals surface area contributed by atoms with E-state index in [0.717, 1.165) is 5.56 Å². The molecule has 0 N–H and O–H groups in total. The van der Waals surface area contributed by atoms with Crippen molar-refractivity contribution in [2.24, 2.45) is 5.41 Å². The monoisotopic (exact) mass is 279 g/mol. The second-order valence-corrected chi connectivity index (χ2v) is 5.13. The average molecular weight is 279 g/mol. The first-order chi connectivity index (χ1) is 9.56. The molecule has 0 unspecified atom stereocenters. The van der Waals surface area contributed by atoms with Gasteiger partial charge in [0.15, 0.2) is 0 Å². The zero-order valence-electron chi connectivity index (χ0n) is 13.2. The number of hydrogen-bond donors (Lipinski definition) is 0. The summed E-state index contributed by atoms with van der Waals surface area (Å²) in [5.74, 6) is 0.0284. The highest BCUT2D eigenvalue weighted by molar-refractivity contribution is 5.93. The molecule has 1 heterocycles. The highest BCUT2D eigenvalue weighted by Gasteiger charge is 2.38. The van der Waals surface area contributed by atoms with Crippen LogP contribution >= 0.6 is 0 Å². The van der Waals surface area contributed by atoms with Crippen LogP contribution in [-0.4, -0.2) is 24.2 Å². The Labute approximate surface area is 121 Å². The van der Waals surface area contributed by atoms with E-state index in [4.69, 9.17) is 9.47 Å². The van der Waals surface area contributed by atoms with Crippen LogP contribution < -0.4 is 4.74 Å². The molecule has 0 bridgehead atoms. The van der Waals surface area contributed by atoms with Gasteiger partial charge in [-0.25, -0.2) is 9.78 Å². The second-order valence-electron chi connectivity index (χ2n) is 5.13. The van der Waals surface area contributed by atoms with Crippen LogP contribution in [0.25, 0.3) is 0 Å². The first-order valence-corrected chi connectivity index (χ1v) is 7.31. The third-order valence-corrected chi connectivity index (χ3v) is 3.26. The van der Waals surface area contributed by atoms with Gasteiger partial charge in [-0.2, -0.15) is 0 Å². The molecule has 0 aliphatic heterocycles. The second kappa shape index (κ2) is 7.27. The maximum atomic E-state index is 11.9. The molecule has 1 aromatic heterocycles. The van der Waals surface area contributed by atoms with E-state index in [1.807, 2.05) is 20.8 Å². The molecule has 1 aromatic rings. The van der Waals surface area contributed by atoms with Crippen molar-refractivity contribution in [2.45, 2.75) is 47.5 Å². The van der Waals surface area contributed by atoms with Gasteiger partial charge in [0.2, 0.25) is 5.88 Å². The van der Waals surface area contributed by atoms with Crippen LogP contribution in [0.3, 0.4) is 0 Å². The van der Waals surface area contributed by atoms with Gasteiger partial charge in [0.1, 0.15) is 5.56 Å². The number of ether oxygens (including phenoxy) is 2. The van der Waals surface area contributed by atoms with Crippen molar-refractivity contribution in [2.75, 3.05) is 13.2 Å². The molecule has 20 heavy (non-hydrogen) atoms. The highest BCUT2D eigenvalue weighted by atomic mass is 16.5. The minimum absolute atomic E-state index is 0.261. The van der Waals surface area contributed by atoms with Crippen molar-refractivity contribution in [3.8, 4) is 5.88 Å². The zero-order chi connectivity index (χ0) is 15.2. The highest BCUT2D eigenvalue weighted by Crippen LogP contribution is 2.45. The van der Waals surface area contributed by atoms with Gasteiger partial charge < -0.3 is 9.47 Å². The van der Waals surface area contributed by atoms with E-state index in [-0.39, 0.29) is 11.4 Å². The molecule has 0 radical (unpaired) electrons. The summed E-state index contributed by atoms with van der Waals surface area (Å²) in [6.07, 6.45) is 4.00. The maximum Gasteiger partial charge on any atom is 0.343 e. The van der Waals surface area contributed by atoms with Crippen LogP contribution in [0.2, 0.25) is 0 Å². The fraction of sp³-hybridized carbons (Fsp3) is 0.625. The molecule has 0 amide bonds. The van der Waals surface area contributed by atoms with Gasteiger partial charge in [-0.1, -0.05) is 20.8 Å². The predicted molar refractivity (Wildman–Crippen MR) is 79.1 cm³/mol. The minimum Gasteiger partial charge on any atom is -0.476 e. The summed E-state index contributed by atoms with van der Waals surface area (Å²) in [5.41, 5.74) is 1.54. The molecule has 112 valence electrons. The van der Waals surface area contributed by atoms with Crippen molar-refractivity contribution in [3.63, 3.8) is 0 Å². The fourth-order valence-electron chi connectivity index (χ4n) is 1.69. The zero-order valence-corrected chi connectivity index (χ0v) is 13.2. The molecule has 0 saturated heterocycles. The molecule has 0 spiro atoms. The predicted octanol–water partition coefficient (Wildman–Crippen LogP) is 3.77. The summed E-state index contributed by atoms with van der Waals surface area (Å²) >= 11 is 0. The number of hydrogen-bond acceptors (Lipinski definition) is 4. The standard InChI is InChI=1S/C14H19NO3.C2H6/c1-4-17-13(16)11-10(2)5-8-15-12(11)18-9-14(3)6-7-14;1-2/h5,8H,4,6-7,9H2,1-3H3;1-2H3. The Kier molecular flexibility index (Phi) is 5.99. The van der Waals surface area contributed by atoms with Gasteiger partial charge in [-0.05, 0) is 38.3 Å². The third-order valence-electron chi connectivity index (χ3n) is 3.26. The summed E-state index contributed by atoms with van der Waals surface area (Å²) in [5, 5.41) is 0. The van der Waals surface area contributed by atoms with Crippen LogP contribution in [-0.2, 0) is 4.74 Å². The van der Waals surface area contributed by atoms with Gasteiger partial charge in [-0.15, -0.1) is 0 Å². The lowest BCUT2D eigenvalue weighted by atomic mass is 10.1. The van der Waals surface area contributed by atoms with Crippen LogP contribution in [0.5, 0.6) is 5.88 Å². The SMILES string of the molecule is CC.CCOC(=O)c1c(C)ccnc1OCC1(C)CC1. The van der Waals surface area contributed by atoms with E-state index in [1.165, 1.54) is 12.8 Å². The van der Waals surface area contributed by atoms with Crippen LogP contribution in [0, 0.1) is 12.3 Å². The number of esters is 1. The minimum atomic E-state index is -0.362. The molecule has 1 aliphatic rings. The number of aryl methyl sites for hydroxylation is 1. The van der Waals surface area contributed by atoms with Crippen LogP contribution in [0.1, 0.15) is 56.5 Å². The van der Waals surface area contributed by atoms with Gasteiger partial charge in [0.25, 0.3) is 0 Å². The normalized spacial score (nSPS) is 14.8. The number of carbonyl (C=O) groups excluding carboxylic acids is 1. The molecule has 4 heteroatoms. The van der Waals surface area contributed by atoms with Gasteiger partial charge in [0.05, 0.1) is 13.2 Å². The molecule has 1 fully saturated rings. The number of carbonyl (C=O) groups is 1. The first kappa shape index (κ1) is 16.5. The first-order valence-electron chi connectivity index (χ1n) is 7.31. The molecular weight excluding hydrogens is 254 g/mol. The molecule has 0 atom stereocenters. The van der Waals surface area contributed by atoms with E-state index < -0.39 is 0 Å². The Morgan fingerprint density at radius 3 is 2.60 bits per heavy atom. The Morgan fingerprint density at radius 1 is 1.40 bits per heavy atom. The Bertz CT molecular complexity index is 453. The summed E-state index contributed by atoms with van der Waals surface area (Å²) in [7, 11) is 0. The largest absolute Gasteiger partial charge is 0.476 e. The summed E-state index contributed by atoms with van der Waals surface area (Å²) in [4.78, 5) is 16.0. The van der Waals surface area contributed by atoms with Crippen LogP contribution in [0.4, 0.5) is 0 Å². The smallest absolute Gasteiger partial charge is 0.343 e. The number of nitrogens with zero attached hydrogens (tertiary/aromatic N) is 1. The molecule has 1 saturated carbocycles. The number of aromatic nitrogens is 1. The molecule has 0 aromatic carbocycles. The summed E-state index contributed by atoms with van der Waals surface area (Å²) < 4.78 is 10.7. The maximum absolute atomic E-state index is 11.9. The summed E-state index contributed by atoms with van der Waals surface area (Å²) in [6, 6.07) is 1.79. The number of rotatable bonds is 5. The Balaban J connectivity index is 0.000000956. The van der Waals surface area contributed by atoms with E-state index in [2.05, 4.69) is 11.9 Å². The van der Waals surface area contributed by atoms with E-state index in [1.54, 1.807) is 19.2 Å². The summed E-state index contributed by atoms with van der Waals surface area (Å²) in [6.45, 7) is 10.8. The lowest BCUT2D eigenvalue weighted by Gasteiger charge is -2.14. The van der Waals surface area contributed by atoms with E-state index in [0.29, 0.717) is 24.7 Å². The third kappa shape index (κ3) is 4.22. The number of pyridine rings is 1. The van der Waals surface area contributed by atoms with Crippen molar-refractivity contribution >= 4 is 5.97 Å². The van der Waals surface area contributed by atoms with Gasteiger partial charge in [0, 0.05) is 11.6 Å². The average Bonchev–Trinajstić information content (AvgIpc) is 3.17. The van der Waals surface area contributed by atoms with Crippen molar-refractivity contribution in [1.82, 2.24) is 4.98 Å². The van der Waals surface area contributed by atoms with Crippen molar-refractivity contribution in [1.29, 1.82) is 0 Å². The quantitative estimate of drug-likeness (QED) is 0.770. The molecular formula is C16H25NO3. The Hall–Kier alpha value is -1.58. The van der Waals surface area contributed by atoms with Crippen LogP contribution in [0.15, 0.2) is 12.3 Å². The molecule has 4 nitrogen and oxygen atoms in total. The topological polar surface area (TPSA) is 48.4 Å². The van der Waals surface area contributed by atoms with Gasteiger partial charge >= 0.3 is 5.97 Å².